The van der Waals surface area contributed by atoms with Gasteiger partial charge < -0.3 is 10.8 Å². The number of nitrogen functional groups attached to an aromatic ring is 1. The highest BCUT2D eigenvalue weighted by atomic mass is 32.2. The number of nitrogens with two attached hydrogens (primary N) is 1. The third-order valence-corrected chi connectivity index (χ3v) is 3.96. The van der Waals surface area contributed by atoms with Gasteiger partial charge in [-0.2, -0.15) is 5.10 Å². The van der Waals surface area contributed by atoms with Crippen molar-refractivity contribution in [3.05, 3.63) is 42.2 Å². The van der Waals surface area contributed by atoms with Gasteiger partial charge in [-0.15, -0.1) is 0 Å². The summed E-state index contributed by atoms with van der Waals surface area (Å²) in [5, 5.41) is 15.9. The lowest BCUT2D eigenvalue weighted by atomic mass is 10.1. The molecule has 1 unspecified atom stereocenters. The van der Waals surface area contributed by atoms with Crippen LogP contribution >= 0.6 is 0 Å². The quantitative estimate of drug-likeness (QED) is 0.575. The Kier molecular flexibility index (Phi) is 3.84. The zero-order valence-electron chi connectivity index (χ0n) is 9.95. The van der Waals surface area contributed by atoms with E-state index in [9.17, 15) is 13.5 Å². The molecule has 0 saturated carbocycles. The molecule has 0 aliphatic rings. The van der Waals surface area contributed by atoms with Gasteiger partial charge in [0.25, 0.3) is 0 Å². The summed E-state index contributed by atoms with van der Waals surface area (Å²) in [5.41, 5.74) is 6.70. The predicted molar refractivity (Wildman–Crippen MR) is 69.6 cm³/mol. The van der Waals surface area contributed by atoms with Crippen LogP contribution in [0.2, 0.25) is 0 Å². The molecule has 2 rings (SSSR count). The number of rotatable bonds is 5. The summed E-state index contributed by atoms with van der Waals surface area (Å²) in [4.78, 5) is 0.0250. The third kappa shape index (κ3) is 3.31. The molecule has 0 aliphatic carbocycles. The fraction of sp³-hybridized carbons (Fsp3) is 0.182. The van der Waals surface area contributed by atoms with Crippen molar-refractivity contribution >= 4 is 15.7 Å². The highest BCUT2D eigenvalue weighted by molar-refractivity contribution is 7.89. The van der Waals surface area contributed by atoms with Crippen LogP contribution in [0.25, 0.3) is 0 Å². The maximum Gasteiger partial charge on any atom is 0.243 e. The fourth-order valence-corrected chi connectivity index (χ4v) is 2.44. The van der Waals surface area contributed by atoms with Crippen LogP contribution in [0.15, 0.2) is 41.6 Å². The Balaban J connectivity index is 2.01. The highest BCUT2D eigenvalue weighted by Gasteiger charge is 2.17. The van der Waals surface area contributed by atoms with Crippen LogP contribution in [0.1, 0.15) is 11.7 Å². The van der Waals surface area contributed by atoms with E-state index < -0.39 is 16.1 Å². The Morgan fingerprint density at radius 2 is 2.05 bits per heavy atom. The molecular formula is C11H14N4O3S. The first kappa shape index (κ1) is 13.5. The molecule has 0 radical (unpaired) electrons. The first-order chi connectivity index (χ1) is 8.99. The van der Waals surface area contributed by atoms with Gasteiger partial charge in [0.15, 0.2) is 0 Å². The number of aliphatic hydroxyl groups excluding tert-OH is 1. The summed E-state index contributed by atoms with van der Waals surface area (Å²) in [6.45, 7) is -0.128. The molecule has 1 aromatic heterocycles. The lowest BCUT2D eigenvalue weighted by Gasteiger charge is -2.12. The van der Waals surface area contributed by atoms with Crippen molar-refractivity contribution in [1.29, 1.82) is 0 Å². The average Bonchev–Trinajstić information content (AvgIpc) is 2.91. The van der Waals surface area contributed by atoms with Crippen molar-refractivity contribution in [2.24, 2.45) is 0 Å². The molecule has 0 fully saturated rings. The Morgan fingerprint density at radius 1 is 1.37 bits per heavy atom. The van der Waals surface area contributed by atoms with Gasteiger partial charge in [-0.05, 0) is 17.7 Å². The predicted octanol–water partition coefficient (Wildman–Crippen LogP) is 0.00380. The molecule has 5 N–H and O–H groups in total. The summed E-state index contributed by atoms with van der Waals surface area (Å²) in [6, 6.07) is 6.57. The second kappa shape index (κ2) is 5.39. The molecule has 2 aromatic rings. The zero-order chi connectivity index (χ0) is 13.9. The Hall–Kier alpha value is -1.90. The van der Waals surface area contributed by atoms with E-state index in [0.29, 0.717) is 11.3 Å². The molecule has 8 heteroatoms. The normalized spacial score (nSPS) is 13.3. The van der Waals surface area contributed by atoms with Crippen molar-refractivity contribution in [3.8, 4) is 0 Å². The smallest absolute Gasteiger partial charge is 0.243 e. The van der Waals surface area contributed by atoms with E-state index in [1.807, 2.05) is 0 Å². The van der Waals surface area contributed by atoms with Gasteiger partial charge in [-0.25, -0.2) is 13.1 Å². The lowest BCUT2D eigenvalue weighted by Crippen LogP contribution is -2.28. The number of hydrogen-bond donors (Lipinski definition) is 4. The Morgan fingerprint density at radius 3 is 2.63 bits per heavy atom. The monoisotopic (exact) mass is 282 g/mol. The van der Waals surface area contributed by atoms with Crippen LogP contribution in [0, 0.1) is 0 Å². The molecule has 0 spiro atoms. The average molecular weight is 282 g/mol. The number of aromatic amines is 1. The van der Waals surface area contributed by atoms with Crippen molar-refractivity contribution in [1.82, 2.24) is 14.9 Å². The summed E-state index contributed by atoms with van der Waals surface area (Å²) in [6.07, 6.45) is 1.51. The number of nitrogens with zero attached hydrogens (tertiary/aromatic N) is 1. The zero-order valence-corrected chi connectivity index (χ0v) is 10.8. The van der Waals surface area contributed by atoms with Crippen molar-refractivity contribution in [2.45, 2.75) is 11.0 Å². The molecule has 1 heterocycles. The molecule has 19 heavy (non-hydrogen) atoms. The van der Waals surface area contributed by atoms with E-state index in [-0.39, 0.29) is 11.4 Å². The van der Waals surface area contributed by atoms with E-state index in [1.54, 1.807) is 24.3 Å². The van der Waals surface area contributed by atoms with Crippen molar-refractivity contribution in [3.63, 3.8) is 0 Å². The molecule has 7 nitrogen and oxygen atoms in total. The minimum absolute atomic E-state index is 0.0250. The van der Waals surface area contributed by atoms with E-state index >= 15 is 0 Å². The number of sulfonamides is 1. The SMILES string of the molecule is Nc1ccc(C(O)CNS(=O)(=O)c2cn[nH]c2)cc1. The summed E-state index contributed by atoms with van der Waals surface area (Å²) < 4.78 is 25.9. The van der Waals surface area contributed by atoms with E-state index in [0.717, 1.165) is 0 Å². The number of nitrogens with one attached hydrogen (secondary N) is 2. The van der Waals surface area contributed by atoms with E-state index in [4.69, 9.17) is 5.73 Å². The summed E-state index contributed by atoms with van der Waals surface area (Å²) >= 11 is 0. The van der Waals surface area contributed by atoms with Gasteiger partial charge in [0.05, 0.1) is 12.3 Å². The lowest BCUT2D eigenvalue weighted by molar-refractivity contribution is 0.182. The van der Waals surface area contributed by atoms with Gasteiger partial charge in [-0.1, -0.05) is 12.1 Å². The molecule has 1 atom stereocenters. The molecule has 0 bridgehead atoms. The van der Waals surface area contributed by atoms with E-state index in [2.05, 4.69) is 14.9 Å². The molecule has 102 valence electrons. The molecule has 1 aromatic carbocycles. The van der Waals surface area contributed by atoms with Gasteiger partial charge >= 0.3 is 0 Å². The second-order valence-corrected chi connectivity index (χ2v) is 5.74. The van der Waals surface area contributed by atoms with Crippen molar-refractivity contribution in [2.75, 3.05) is 12.3 Å². The van der Waals surface area contributed by atoms with Crippen molar-refractivity contribution < 1.29 is 13.5 Å². The minimum Gasteiger partial charge on any atom is -0.399 e. The van der Waals surface area contributed by atoms with Crippen LogP contribution in [-0.4, -0.2) is 30.3 Å². The number of aromatic nitrogens is 2. The number of aliphatic hydroxyl groups is 1. The second-order valence-electron chi connectivity index (χ2n) is 3.97. The standard InChI is InChI=1S/C11H14N4O3S/c12-9-3-1-8(2-4-9)11(16)7-15-19(17,18)10-5-13-14-6-10/h1-6,11,15-16H,7,12H2,(H,13,14). The van der Waals surface area contributed by atoms with Gasteiger partial charge in [-0.3, -0.25) is 5.10 Å². The maximum absolute atomic E-state index is 11.8. The number of anilines is 1. The van der Waals surface area contributed by atoms with E-state index in [1.165, 1.54) is 12.4 Å². The highest BCUT2D eigenvalue weighted by Crippen LogP contribution is 2.15. The molecular weight excluding hydrogens is 268 g/mol. The maximum atomic E-state index is 11.8. The fourth-order valence-electron chi connectivity index (χ4n) is 1.49. The molecule has 0 aliphatic heterocycles. The van der Waals surface area contributed by atoms with Crippen LogP contribution < -0.4 is 10.5 Å². The topological polar surface area (TPSA) is 121 Å². The largest absolute Gasteiger partial charge is 0.399 e. The third-order valence-electron chi connectivity index (χ3n) is 2.57. The van der Waals surface area contributed by atoms with Gasteiger partial charge in [0.1, 0.15) is 4.90 Å². The van der Waals surface area contributed by atoms with Gasteiger partial charge in [0, 0.05) is 18.4 Å². The summed E-state index contributed by atoms with van der Waals surface area (Å²) in [5.74, 6) is 0. The van der Waals surface area contributed by atoms with Crippen LogP contribution in [0.3, 0.4) is 0 Å². The summed E-state index contributed by atoms with van der Waals surface area (Å²) in [7, 11) is -3.66. The van der Waals surface area contributed by atoms with Crippen LogP contribution in [0.5, 0.6) is 0 Å². The number of hydrogen-bond acceptors (Lipinski definition) is 5. The molecule has 0 amide bonds. The number of benzene rings is 1. The number of H-pyrrole nitrogens is 1. The molecule has 0 saturated heterocycles. The Labute approximate surface area is 110 Å². The minimum atomic E-state index is -3.66. The first-order valence-corrected chi connectivity index (χ1v) is 6.99. The Bertz CT molecular complexity index is 622. The van der Waals surface area contributed by atoms with Gasteiger partial charge in [0.2, 0.25) is 10.0 Å². The van der Waals surface area contributed by atoms with Crippen LogP contribution in [0.4, 0.5) is 5.69 Å². The first-order valence-electron chi connectivity index (χ1n) is 5.51. The van der Waals surface area contributed by atoms with Crippen LogP contribution in [-0.2, 0) is 10.0 Å².